The molecule has 2 heterocycles. The Morgan fingerprint density at radius 3 is 2.71 bits per heavy atom. The van der Waals surface area contributed by atoms with Crippen LogP contribution in [0.5, 0.6) is 0 Å². The van der Waals surface area contributed by atoms with Gasteiger partial charge in [0.1, 0.15) is 5.15 Å². The molecule has 4 nitrogen and oxygen atoms in total. The summed E-state index contributed by atoms with van der Waals surface area (Å²) in [6.07, 6.45) is 1.67. The molecule has 0 saturated carbocycles. The Balaban J connectivity index is 2.17. The molecule has 0 atom stereocenters. The van der Waals surface area contributed by atoms with E-state index in [1.807, 2.05) is 13.8 Å². The Bertz CT molecular complexity index is 513. The first-order valence-corrected chi connectivity index (χ1v) is 5.89. The minimum atomic E-state index is 0.378. The number of anilines is 1. The fourth-order valence-electron chi connectivity index (χ4n) is 1.55. The number of aromatic amines is 1. The number of H-pyrrole nitrogens is 1. The number of halogens is 2. The van der Waals surface area contributed by atoms with Gasteiger partial charge >= 0.3 is 0 Å². The summed E-state index contributed by atoms with van der Waals surface area (Å²) < 4.78 is 0. The first kappa shape index (κ1) is 12.2. The van der Waals surface area contributed by atoms with E-state index in [0.29, 0.717) is 16.9 Å². The minimum absolute atomic E-state index is 0.378. The molecule has 0 unspecified atom stereocenters. The predicted molar refractivity (Wildman–Crippen MR) is 69.6 cm³/mol. The summed E-state index contributed by atoms with van der Waals surface area (Å²) >= 11 is 11.8. The van der Waals surface area contributed by atoms with E-state index >= 15 is 0 Å². The van der Waals surface area contributed by atoms with E-state index in [2.05, 4.69) is 20.3 Å². The molecule has 2 N–H and O–H groups in total. The molecule has 0 aliphatic rings. The molecule has 0 aromatic carbocycles. The molecular formula is C11H12Cl2N4. The highest BCUT2D eigenvalue weighted by molar-refractivity contribution is 6.34. The van der Waals surface area contributed by atoms with E-state index in [0.717, 1.165) is 22.6 Å². The van der Waals surface area contributed by atoms with Crippen LogP contribution in [-0.4, -0.2) is 15.0 Å². The molecule has 0 bridgehead atoms. The lowest BCUT2D eigenvalue weighted by atomic mass is 10.2. The van der Waals surface area contributed by atoms with Crippen molar-refractivity contribution in [3.8, 4) is 0 Å². The van der Waals surface area contributed by atoms with E-state index in [1.165, 1.54) is 0 Å². The number of pyridine rings is 1. The van der Waals surface area contributed by atoms with Gasteiger partial charge in [0.25, 0.3) is 0 Å². The molecule has 0 saturated heterocycles. The number of hydrogen-bond donors (Lipinski definition) is 2. The van der Waals surface area contributed by atoms with Crippen LogP contribution in [0.1, 0.15) is 17.0 Å². The van der Waals surface area contributed by atoms with Gasteiger partial charge in [0.15, 0.2) is 5.15 Å². The van der Waals surface area contributed by atoms with Crippen molar-refractivity contribution in [3.05, 3.63) is 39.7 Å². The third-order valence-electron chi connectivity index (χ3n) is 2.51. The molecule has 2 rings (SSSR count). The van der Waals surface area contributed by atoms with Crippen molar-refractivity contribution in [2.24, 2.45) is 0 Å². The van der Waals surface area contributed by atoms with Gasteiger partial charge in [-0.05, 0) is 25.5 Å². The van der Waals surface area contributed by atoms with Crippen LogP contribution in [0.3, 0.4) is 0 Å². The van der Waals surface area contributed by atoms with Crippen molar-refractivity contribution in [3.63, 3.8) is 0 Å². The standard InChI is InChI=1S/C11H12Cl2N4/c1-6-3-9(12)17-11(13)10(6)14-4-8-7(2)15-5-16-8/h3,5,14H,4H2,1-2H3,(H,15,16). The summed E-state index contributed by atoms with van der Waals surface area (Å²) in [6.45, 7) is 4.50. The van der Waals surface area contributed by atoms with Gasteiger partial charge in [0, 0.05) is 5.69 Å². The number of aryl methyl sites for hydroxylation is 2. The predicted octanol–water partition coefficient (Wildman–Crippen LogP) is 3.34. The highest BCUT2D eigenvalue weighted by atomic mass is 35.5. The van der Waals surface area contributed by atoms with Crippen LogP contribution in [0.2, 0.25) is 10.3 Å². The summed E-state index contributed by atoms with van der Waals surface area (Å²) in [6, 6.07) is 1.77. The second kappa shape index (κ2) is 4.94. The van der Waals surface area contributed by atoms with Crippen molar-refractivity contribution >= 4 is 28.9 Å². The summed E-state index contributed by atoms with van der Waals surface area (Å²) in [5.74, 6) is 0. The van der Waals surface area contributed by atoms with Gasteiger partial charge in [-0.15, -0.1) is 0 Å². The van der Waals surface area contributed by atoms with Gasteiger partial charge in [-0.1, -0.05) is 23.2 Å². The van der Waals surface area contributed by atoms with Crippen LogP contribution in [-0.2, 0) is 6.54 Å². The maximum Gasteiger partial charge on any atom is 0.154 e. The van der Waals surface area contributed by atoms with E-state index in [4.69, 9.17) is 23.2 Å². The fraction of sp³-hybridized carbons (Fsp3) is 0.273. The number of hydrogen-bond acceptors (Lipinski definition) is 3. The van der Waals surface area contributed by atoms with Gasteiger partial charge < -0.3 is 10.3 Å². The lowest BCUT2D eigenvalue weighted by Gasteiger charge is -2.10. The molecule has 0 spiro atoms. The molecule has 0 aliphatic heterocycles. The summed E-state index contributed by atoms with van der Waals surface area (Å²) in [7, 11) is 0. The Morgan fingerprint density at radius 2 is 2.12 bits per heavy atom. The first-order valence-electron chi connectivity index (χ1n) is 5.13. The van der Waals surface area contributed by atoms with Gasteiger partial charge in [-0.25, -0.2) is 9.97 Å². The van der Waals surface area contributed by atoms with E-state index in [9.17, 15) is 0 Å². The van der Waals surface area contributed by atoms with Crippen molar-refractivity contribution in [1.29, 1.82) is 0 Å². The minimum Gasteiger partial charge on any atom is -0.377 e. The molecule has 0 amide bonds. The molecule has 17 heavy (non-hydrogen) atoms. The van der Waals surface area contributed by atoms with Gasteiger partial charge in [0.05, 0.1) is 24.3 Å². The second-order valence-electron chi connectivity index (χ2n) is 3.76. The zero-order chi connectivity index (χ0) is 12.4. The van der Waals surface area contributed by atoms with Crippen molar-refractivity contribution < 1.29 is 0 Å². The molecule has 2 aromatic heterocycles. The zero-order valence-corrected chi connectivity index (χ0v) is 11.0. The maximum atomic E-state index is 6.03. The van der Waals surface area contributed by atoms with Gasteiger partial charge in [-0.3, -0.25) is 0 Å². The topological polar surface area (TPSA) is 53.6 Å². The molecule has 2 aromatic rings. The third kappa shape index (κ3) is 2.70. The summed E-state index contributed by atoms with van der Waals surface area (Å²) in [5, 5.41) is 3.99. The number of nitrogens with zero attached hydrogens (tertiary/aromatic N) is 2. The number of rotatable bonds is 3. The van der Waals surface area contributed by atoms with Crippen LogP contribution in [0.25, 0.3) is 0 Å². The Hall–Kier alpha value is -1.26. The fourth-order valence-corrected chi connectivity index (χ4v) is 2.14. The molecule has 0 radical (unpaired) electrons. The average molecular weight is 271 g/mol. The highest BCUT2D eigenvalue weighted by Gasteiger charge is 2.08. The Morgan fingerprint density at radius 1 is 1.35 bits per heavy atom. The smallest absolute Gasteiger partial charge is 0.154 e. The molecule has 0 fully saturated rings. The second-order valence-corrected chi connectivity index (χ2v) is 4.50. The molecule has 6 heteroatoms. The number of aromatic nitrogens is 3. The SMILES string of the molecule is Cc1cc(Cl)nc(Cl)c1NCc1nc[nH]c1C. The first-order chi connectivity index (χ1) is 8.08. The molecule has 0 aliphatic carbocycles. The summed E-state index contributed by atoms with van der Waals surface area (Å²) in [4.78, 5) is 11.2. The van der Waals surface area contributed by atoms with E-state index in [-0.39, 0.29) is 0 Å². The van der Waals surface area contributed by atoms with Crippen LogP contribution < -0.4 is 5.32 Å². The number of imidazole rings is 1. The average Bonchev–Trinajstić information content (AvgIpc) is 2.62. The summed E-state index contributed by atoms with van der Waals surface area (Å²) in [5.41, 5.74) is 3.74. The van der Waals surface area contributed by atoms with Crippen LogP contribution in [0.15, 0.2) is 12.4 Å². The normalized spacial score (nSPS) is 10.6. The third-order valence-corrected chi connectivity index (χ3v) is 2.98. The van der Waals surface area contributed by atoms with E-state index < -0.39 is 0 Å². The van der Waals surface area contributed by atoms with Crippen molar-refractivity contribution in [1.82, 2.24) is 15.0 Å². The van der Waals surface area contributed by atoms with Gasteiger partial charge in [-0.2, -0.15) is 0 Å². The Labute approximate surface area is 109 Å². The van der Waals surface area contributed by atoms with Crippen LogP contribution in [0.4, 0.5) is 5.69 Å². The van der Waals surface area contributed by atoms with Crippen LogP contribution >= 0.6 is 23.2 Å². The van der Waals surface area contributed by atoms with Crippen molar-refractivity contribution in [2.45, 2.75) is 20.4 Å². The van der Waals surface area contributed by atoms with Crippen molar-refractivity contribution in [2.75, 3.05) is 5.32 Å². The largest absolute Gasteiger partial charge is 0.377 e. The quantitative estimate of drug-likeness (QED) is 0.842. The van der Waals surface area contributed by atoms with E-state index in [1.54, 1.807) is 12.4 Å². The Kier molecular flexibility index (Phi) is 3.54. The maximum absolute atomic E-state index is 6.03. The molecular weight excluding hydrogens is 259 g/mol. The number of nitrogens with one attached hydrogen (secondary N) is 2. The van der Waals surface area contributed by atoms with Crippen LogP contribution in [0, 0.1) is 13.8 Å². The lowest BCUT2D eigenvalue weighted by molar-refractivity contribution is 1.04. The monoisotopic (exact) mass is 270 g/mol. The van der Waals surface area contributed by atoms with Gasteiger partial charge in [0.2, 0.25) is 0 Å². The highest BCUT2D eigenvalue weighted by Crippen LogP contribution is 2.26. The molecule has 90 valence electrons. The zero-order valence-electron chi connectivity index (χ0n) is 9.51. The lowest BCUT2D eigenvalue weighted by Crippen LogP contribution is -2.04.